The van der Waals surface area contributed by atoms with Crippen LogP contribution in [0.5, 0.6) is 0 Å². The normalized spacial score (nSPS) is 35.6. The Labute approximate surface area is 631 Å². The summed E-state index contributed by atoms with van der Waals surface area (Å²) in [4.78, 5) is 102. The number of carboxylic acids is 1. The van der Waals surface area contributed by atoms with E-state index < -0.39 is 228 Å². The highest BCUT2D eigenvalue weighted by molar-refractivity contribution is 7.47. The van der Waals surface area contributed by atoms with Crippen molar-refractivity contribution in [1.29, 1.82) is 0 Å². The van der Waals surface area contributed by atoms with Crippen molar-refractivity contribution < 1.29 is 160 Å². The van der Waals surface area contributed by atoms with Crippen LogP contribution in [0, 0.1) is 5.41 Å². The van der Waals surface area contributed by atoms with Crippen LogP contribution in [0.15, 0.2) is 70.4 Å². The molecule has 0 aromatic rings. The molecule has 0 aromatic carbocycles. The SMILES string of the molecule is BC1=C(NC(=O)C2O[C@@H](O[C@@H]3C(C)O[C@@H](O[C@@H]4C(CO[C@@H]5OC(CO)[C@@H](O)[C@H](O)C5O)O[C@@H](OC5[C@@H](OP(=O)(O)OC[C@@H](OC/C=C(/C)CC/C=C/C(C)(C)CCC(=C)C/C=C(\C)CCC=C(C)C)C(=O)O)OC(C(N)=O)[C@@](C)(O)[C@@H]5OC(N)=O)C(NC(C)=O)[C@H]4O)C(NC(C)=O)[C@H]3O)[C@@H](O)C(O)[C@H]2O)C(=O)CC1. The first-order chi connectivity index (χ1) is 50.9. The van der Waals surface area contributed by atoms with Gasteiger partial charge in [0.1, 0.15) is 98.8 Å². The number of hydrogen-bond donors (Lipinski definition) is 17. The molecule has 38 nitrogen and oxygen atoms in total. The number of aliphatic hydroxyl groups is 10. The number of nitrogens with one attached hydrogen (secondary N) is 3. The first-order valence-corrected chi connectivity index (χ1v) is 37.1. The summed E-state index contributed by atoms with van der Waals surface area (Å²) in [5.41, 5.74) is 13.0. The maximum Gasteiger partial charge on any atom is 0.474 e. The lowest BCUT2D eigenvalue weighted by atomic mass is 9.85. The highest BCUT2D eigenvalue weighted by Gasteiger charge is 2.62. The van der Waals surface area contributed by atoms with E-state index in [0.717, 1.165) is 64.0 Å². The molecule has 5 aliphatic heterocycles. The second-order valence-corrected chi connectivity index (χ2v) is 30.6. The van der Waals surface area contributed by atoms with E-state index in [9.17, 15) is 99.2 Å². The first-order valence-electron chi connectivity index (χ1n) is 35.6. The van der Waals surface area contributed by atoms with Gasteiger partial charge < -0.3 is 141 Å². The molecule has 6 rings (SSSR count). The number of aliphatic hydroxyl groups excluding tert-OH is 9. The van der Waals surface area contributed by atoms with E-state index in [-0.39, 0.29) is 24.1 Å². The maximum atomic E-state index is 14.1. The van der Waals surface area contributed by atoms with Crippen LogP contribution in [0.2, 0.25) is 0 Å². The minimum absolute atomic E-state index is 0.0736. The van der Waals surface area contributed by atoms with Crippen molar-refractivity contribution in [2.45, 2.75) is 286 Å². The van der Waals surface area contributed by atoms with Crippen molar-refractivity contribution in [2.24, 2.45) is 16.9 Å². The quantitative estimate of drug-likeness (QED) is 0.0168. The number of hydrogen-bond acceptors (Lipinski definition) is 31. The van der Waals surface area contributed by atoms with Crippen LogP contribution in [0.3, 0.4) is 0 Å². The number of phosphoric acid groups is 1. The molecule has 0 saturated carbocycles. The Bertz CT molecular complexity index is 3370. The van der Waals surface area contributed by atoms with Crippen molar-refractivity contribution in [2.75, 3.05) is 26.4 Å². The van der Waals surface area contributed by atoms with Crippen molar-refractivity contribution in [3.63, 3.8) is 0 Å². The predicted octanol–water partition coefficient (Wildman–Crippen LogP) is -2.95. The summed E-state index contributed by atoms with van der Waals surface area (Å²) in [5, 5.41) is 130. The molecule has 5 saturated heterocycles. The van der Waals surface area contributed by atoms with Gasteiger partial charge in [-0.2, -0.15) is 0 Å². The van der Waals surface area contributed by atoms with E-state index in [1.165, 1.54) is 18.1 Å². The van der Waals surface area contributed by atoms with Gasteiger partial charge in [-0.1, -0.05) is 78.6 Å². The van der Waals surface area contributed by atoms with Crippen molar-refractivity contribution in [1.82, 2.24) is 16.0 Å². The molecule has 0 aromatic heterocycles. The van der Waals surface area contributed by atoms with Crippen LogP contribution >= 0.6 is 7.82 Å². The average Bonchev–Trinajstić information content (AvgIpc) is 1.11. The van der Waals surface area contributed by atoms with Gasteiger partial charge in [0, 0.05) is 20.3 Å². The lowest BCUT2D eigenvalue weighted by Crippen LogP contribution is -2.72. The van der Waals surface area contributed by atoms with Crippen LogP contribution in [0.25, 0.3) is 0 Å². The number of rotatable bonds is 37. The number of aliphatic carboxylic acids is 1. The highest BCUT2D eigenvalue weighted by atomic mass is 31.2. The van der Waals surface area contributed by atoms with E-state index >= 15 is 0 Å². The van der Waals surface area contributed by atoms with Crippen LogP contribution in [-0.2, 0) is 94.5 Å². The molecule has 616 valence electrons. The Hall–Kier alpha value is -5.90. The minimum Gasteiger partial charge on any atom is -0.479 e. The van der Waals surface area contributed by atoms with Gasteiger partial charge in [0.15, 0.2) is 67.8 Å². The van der Waals surface area contributed by atoms with Crippen LogP contribution in [0.4, 0.5) is 4.79 Å². The van der Waals surface area contributed by atoms with E-state index in [1.54, 1.807) is 20.8 Å². The zero-order chi connectivity index (χ0) is 81.5. The number of amides is 5. The summed E-state index contributed by atoms with van der Waals surface area (Å²) >= 11 is 0. The minimum atomic E-state index is -5.84. The van der Waals surface area contributed by atoms with Crippen LogP contribution in [-0.4, -0.2) is 296 Å². The maximum absolute atomic E-state index is 14.1. The third kappa shape index (κ3) is 25.6. The first kappa shape index (κ1) is 92.0. The molecular formula is C69H109BN5O33P. The number of carbonyl (C=O) groups is 7. The molecule has 0 radical (unpaired) electrons. The second kappa shape index (κ2) is 40.7. The Morgan fingerprint density at radius 2 is 1.30 bits per heavy atom. The molecule has 40 heteroatoms. The molecule has 5 fully saturated rings. The number of phosphoric ester groups is 1. The standard InChI is InChI=1S/C69H109BN5O33P/c1-30(2)15-14-17-31(3)18-19-33(5)22-25-68(9,10)24-13-12-16-32(4)23-26-96-41(61(90)91)29-98-109(94,95)108-66-56(57(107-67(72)92)69(11,93)58(106-66)59(71)88)105-63-44(74-36(8)78)47(82)54(40(101-63)28-97-64-51(86)48(83)45(80)39(27-76)100-64)103-62-43(73-35(7)77)46(81)53(34(6)99-62)102-65-52(87)49(84)50(85)55(104-65)60(89)75-42-37(70)20-21-38(42)79/h13,15,18,23-24,34,39-41,43-58,62-66,76,80-87,93H,5,12,14,16-17,19-22,25-29,70H2,1-4,6-11H3,(H2,71,88)(H2,72,92)(H,73,77)(H,74,78)(H,75,89)(H,90,91)(H,94,95)/b24-13+,31-18+,32-23-/t34?,39?,40?,41-,43?,44?,45-,46-,47-,48+,49?,50-,51?,52+,53-,54-,55?,56?,57-,58?,62+,63+,64-,65-,66-,69+/m1/s1. The molecule has 11 unspecified atom stereocenters. The number of ketones is 1. The van der Waals surface area contributed by atoms with Gasteiger partial charge in [0.2, 0.25) is 17.7 Å². The number of nitrogens with two attached hydrogens (primary N) is 2. The number of carboxylic acid groups (broad SMARTS) is 1. The summed E-state index contributed by atoms with van der Waals surface area (Å²) < 4.78 is 89.2. The molecule has 0 bridgehead atoms. The molecule has 1 aliphatic carbocycles. The third-order valence-corrected chi connectivity index (χ3v) is 20.1. The zero-order valence-electron chi connectivity index (χ0n) is 62.8. The largest absolute Gasteiger partial charge is 0.479 e. The molecular weight excluding hydrogens is 1470 g/mol. The Kier molecular flexibility index (Phi) is 34.4. The molecule has 109 heavy (non-hydrogen) atoms. The smallest absolute Gasteiger partial charge is 0.474 e. The summed E-state index contributed by atoms with van der Waals surface area (Å²) in [7, 11) is -4.26. The van der Waals surface area contributed by atoms with Crippen molar-refractivity contribution in [3.8, 4) is 0 Å². The molecule has 19 N–H and O–H groups in total. The number of ether oxygens (including phenoxy) is 11. The van der Waals surface area contributed by atoms with Gasteiger partial charge in [-0.15, -0.1) is 0 Å². The fraction of sp³-hybridized carbons (Fsp3) is 0.725. The van der Waals surface area contributed by atoms with Crippen LogP contribution < -0.4 is 27.4 Å². The van der Waals surface area contributed by atoms with Crippen molar-refractivity contribution in [3.05, 3.63) is 70.4 Å². The van der Waals surface area contributed by atoms with E-state index in [4.69, 9.17) is 72.6 Å². The van der Waals surface area contributed by atoms with Crippen molar-refractivity contribution >= 4 is 57.1 Å². The molecule has 0 spiro atoms. The monoisotopic (exact) mass is 1580 g/mol. The topological polar surface area (TPSA) is 587 Å². The third-order valence-electron chi connectivity index (χ3n) is 19.2. The summed E-state index contributed by atoms with van der Waals surface area (Å²) in [6, 6.07) is -3.96. The second-order valence-electron chi connectivity index (χ2n) is 29.2. The number of carbonyl (C=O) groups excluding carboxylic acids is 6. The van der Waals surface area contributed by atoms with Gasteiger partial charge >= 0.3 is 19.9 Å². The summed E-state index contributed by atoms with van der Waals surface area (Å²) in [5.74, 6) is -6.71. The molecule has 6 aliphatic rings. The molecule has 5 amide bonds. The molecule has 27 atom stereocenters. The highest BCUT2D eigenvalue weighted by Crippen LogP contribution is 2.49. The van der Waals surface area contributed by atoms with Crippen LogP contribution in [0.1, 0.15) is 127 Å². The number of Topliss-reactive ketones (excluding diaryl/α,β-unsaturated/α-hetero) is 1. The van der Waals surface area contributed by atoms with E-state index in [0.29, 0.717) is 24.7 Å². The Morgan fingerprint density at radius 3 is 1.89 bits per heavy atom. The Morgan fingerprint density at radius 1 is 0.725 bits per heavy atom. The summed E-state index contributed by atoms with van der Waals surface area (Å²) in [6.07, 6.45) is -34.0. The predicted molar refractivity (Wildman–Crippen MR) is 378 cm³/mol. The van der Waals surface area contributed by atoms with Gasteiger partial charge in [0.05, 0.1) is 38.2 Å². The van der Waals surface area contributed by atoms with E-state index in [2.05, 4.69) is 75.4 Å². The molecule has 5 heterocycles. The van der Waals surface area contributed by atoms with Gasteiger partial charge in [-0.3, -0.25) is 33.0 Å². The van der Waals surface area contributed by atoms with Gasteiger partial charge in [-0.05, 0) is 98.3 Å². The Balaban J connectivity index is 1.25. The fourth-order valence-corrected chi connectivity index (χ4v) is 13.6. The lowest BCUT2D eigenvalue weighted by molar-refractivity contribution is -0.375. The van der Waals surface area contributed by atoms with E-state index in [1.807, 2.05) is 6.08 Å². The zero-order valence-corrected chi connectivity index (χ0v) is 63.7. The number of primary amides is 2. The number of allylic oxidation sites excluding steroid dienone is 10. The average molecular weight is 1580 g/mol. The lowest BCUT2D eigenvalue weighted by Gasteiger charge is -2.52. The fourth-order valence-electron chi connectivity index (χ4n) is 12.8. The summed E-state index contributed by atoms with van der Waals surface area (Å²) in [6.45, 7) is 16.9. The van der Waals surface area contributed by atoms with Gasteiger partial charge in [-0.25, -0.2) is 14.2 Å². The van der Waals surface area contributed by atoms with Gasteiger partial charge in [0.25, 0.3) is 5.91 Å².